The Kier molecular flexibility index (Phi) is 3.38. The summed E-state index contributed by atoms with van der Waals surface area (Å²) in [5.41, 5.74) is 1.62. The number of ketones is 1. The first-order chi connectivity index (χ1) is 14.3. The molecular weight excluding hydrogens is 360 g/mol. The van der Waals surface area contributed by atoms with Crippen molar-refractivity contribution in [2.45, 2.75) is 0 Å². The average Bonchev–Trinajstić information content (AvgIpc) is 3.24. The summed E-state index contributed by atoms with van der Waals surface area (Å²) in [4.78, 5) is 12.7. The summed E-state index contributed by atoms with van der Waals surface area (Å²) in [6.45, 7) is 0.200. The van der Waals surface area contributed by atoms with Crippen LogP contribution < -0.4 is 9.47 Å². The van der Waals surface area contributed by atoms with E-state index < -0.39 is 0 Å². The number of ether oxygens (including phenoxy) is 2. The predicted molar refractivity (Wildman–Crippen MR) is 116 cm³/mol. The van der Waals surface area contributed by atoms with Crippen molar-refractivity contribution in [3.05, 3.63) is 90.0 Å². The summed E-state index contributed by atoms with van der Waals surface area (Å²) in [7, 11) is 0. The Bertz CT molecular complexity index is 1430. The quantitative estimate of drug-likeness (QED) is 0.213. The fourth-order valence-electron chi connectivity index (χ4n) is 4.21. The van der Waals surface area contributed by atoms with Gasteiger partial charge in [0.1, 0.15) is 0 Å². The smallest absolute Gasteiger partial charge is 0.231 e. The van der Waals surface area contributed by atoms with Crippen LogP contribution in [0.2, 0.25) is 0 Å². The van der Waals surface area contributed by atoms with Crippen molar-refractivity contribution in [2.75, 3.05) is 6.79 Å². The maximum Gasteiger partial charge on any atom is 0.231 e. The largest absolute Gasteiger partial charge is 0.454 e. The molecule has 0 amide bonds. The second kappa shape index (κ2) is 6.08. The zero-order valence-electron chi connectivity index (χ0n) is 15.5. The van der Waals surface area contributed by atoms with Gasteiger partial charge >= 0.3 is 0 Å². The van der Waals surface area contributed by atoms with Crippen LogP contribution in [0.15, 0.2) is 78.9 Å². The van der Waals surface area contributed by atoms with Gasteiger partial charge in [-0.3, -0.25) is 4.79 Å². The van der Waals surface area contributed by atoms with Crippen molar-refractivity contribution in [2.24, 2.45) is 0 Å². The third-order valence-electron chi connectivity index (χ3n) is 5.63. The van der Waals surface area contributed by atoms with Crippen LogP contribution in [-0.4, -0.2) is 12.6 Å². The van der Waals surface area contributed by atoms with Gasteiger partial charge in [0, 0.05) is 5.56 Å². The van der Waals surface area contributed by atoms with E-state index >= 15 is 0 Å². The maximum absolute atomic E-state index is 12.7. The molecule has 0 N–H and O–H groups in total. The lowest BCUT2D eigenvalue weighted by atomic mass is 9.92. The highest BCUT2D eigenvalue weighted by atomic mass is 16.7. The zero-order chi connectivity index (χ0) is 19.4. The Labute approximate surface area is 167 Å². The summed E-state index contributed by atoms with van der Waals surface area (Å²) >= 11 is 0. The monoisotopic (exact) mass is 376 g/mol. The van der Waals surface area contributed by atoms with Gasteiger partial charge in [-0.2, -0.15) is 0 Å². The Balaban J connectivity index is 1.45. The molecule has 1 aliphatic rings. The number of hydrogen-bond donors (Lipinski definition) is 0. The molecule has 0 bridgehead atoms. The summed E-state index contributed by atoms with van der Waals surface area (Å²) in [5.74, 6) is 1.23. The van der Waals surface area contributed by atoms with Gasteiger partial charge in [0.2, 0.25) is 6.79 Å². The first-order valence-electron chi connectivity index (χ1n) is 9.56. The molecule has 1 aliphatic heterocycles. The molecule has 3 nitrogen and oxygen atoms in total. The molecule has 3 heteroatoms. The highest BCUT2D eigenvalue weighted by molar-refractivity contribution is 6.24. The molecule has 29 heavy (non-hydrogen) atoms. The Morgan fingerprint density at radius 1 is 0.759 bits per heavy atom. The van der Waals surface area contributed by atoms with Crippen molar-refractivity contribution < 1.29 is 14.3 Å². The first-order valence-corrected chi connectivity index (χ1v) is 9.56. The Morgan fingerprint density at radius 2 is 1.48 bits per heavy atom. The van der Waals surface area contributed by atoms with E-state index in [1.54, 1.807) is 24.3 Å². The Hall–Kier alpha value is -3.85. The zero-order valence-corrected chi connectivity index (χ0v) is 15.5. The minimum Gasteiger partial charge on any atom is -0.454 e. The molecule has 0 unspecified atom stereocenters. The molecule has 0 spiro atoms. The minimum absolute atomic E-state index is 0.0611. The molecule has 5 aromatic rings. The van der Waals surface area contributed by atoms with Crippen molar-refractivity contribution >= 4 is 44.2 Å². The summed E-state index contributed by atoms with van der Waals surface area (Å²) in [6, 6.07) is 24.5. The third-order valence-corrected chi connectivity index (χ3v) is 5.63. The molecule has 0 saturated carbocycles. The molecular formula is C26H16O3. The lowest BCUT2D eigenvalue weighted by Gasteiger charge is -2.12. The van der Waals surface area contributed by atoms with E-state index in [0.29, 0.717) is 17.1 Å². The number of carbonyl (C=O) groups is 1. The molecule has 0 aliphatic carbocycles. The summed E-state index contributed by atoms with van der Waals surface area (Å²) < 4.78 is 10.7. The van der Waals surface area contributed by atoms with Gasteiger partial charge in [-0.1, -0.05) is 60.7 Å². The van der Waals surface area contributed by atoms with E-state index in [0.717, 1.165) is 10.9 Å². The van der Waals surface area contributed by atoms with Crippen molar-refractivity contribution in [1.82, 2.24) is 0 Å². The second-order valence-electron chi connectivity index (χ2n) is 7.28. The van der Waals surface area contributed by atoms with Gasteiger partial charge in [-0.25, -0.2) is 0 Å². The van der Waals surface area contributed by atoms with Crippen molar-refractivity contribution in [3.8, 4) is 11.5 Å². The van der Waals surface area contributed by atoms with Crippen LogP contribution in [0.4, 0.5) is 0 Å². The number of carbonyl (C=O) groups excluding carboxylic acids is 1. The number of rotatable bonds is 3. The van der Waals surface area contributed by atoms with Crippen LogP contribution in [0.5, 0.6) is 11.5 Å². The maximum atomic E-state index is 12.7. The van der Waals surface area contributed by atoms with E-state index in [9.17, 15) is 4.79 Å². The summed E-state index contributed by atoms with van der Waals surface area (Å²) in [6.07, 6.45) is 3.53. The van der Waals surface area contributed by atoms with E-state index in [1.807, 2.05) is 6.08 Å². The van der Waals surface area contributed by atoms with Crippen LogP contribution in [0.25, 0.3) is 38.4 Å². The lowest BCUT2D eigenvalue weighted by molar-refractivity contribution is 0.104. The van der Waals surface area contributed by atoms with Crippen LogP contribution >= 0.6 is 0 Å². The first kappa shape index (κ1) is 16.1. The highest BCUT2D eigenvalue weighted by Crippen LogP contribution is 2.36. The van der Waals surface area contributed by atoms with E-state index in [4.69, 9.17) is 9.47 Å². The van der Waals surface area contributed by atoms with E-state index in [1.165, 1.54) is 26.9 Å². The molecule has 0 fully saturated rings. The SMILES string of the molecule is O=C(/C=C/c1ccc2ccc3cccc4ccc1c2c34)c1ccc2c(c1)OCO2. The van der Waals surface area contributed by atoms with Gasteiger partial charge in [0.25, 0.3) is 0 Å². The van der Waals surface area contributed by atoms with Gasteiger partial charge in [0.15, 0.2) is 17.3 Å². The van der Waals surface area contributed by atoms with Crippen molar-refractivity contribution in [1.29, 1.82) is 0 Å². The van der Waals surface area contributed by atoms with Crippen LogP contribution in [0, 0.1) is 0 Å². The van der Waals surface area contributed by atoms with E-state index in [2.05, 4.69) is 54.6 Å². The second-order valence-corrected chi connectivity index (χ2v) is 7.28. The van der Waals surface area contributed by atoms with Crippen LogP contribution in [0.1, 0.15) is 15.9 Å². The summed E-state index contributed by atoms with van der Waals surface area (Å²) in [5, 5.41) is 7.36. The third kappa shape index (κ3) is 2.48. The molecule has 0 saturated heterocycles. The highest BCUT2D eigenvalue weighted by Gasteiger charge is 2.15. The standard InChI is InChI=1S/C26H16O3/c27-22(20-10-13-23-24(14-20)29-15-28-23)12-9-16-4-5-19-7-6-17-2-1-3-18-8-11-21(16)26(19)25(17)18/h1-14H,15H2/b12-9+. The lowest BCUT2D eigenvalue weighted by Crippen LogP contribution is -1.94. The molecule has 6 rings (SSSR count). The fourth-order valence-corrected chi connectivity index (χ4v) is 4.21. The fraction of sp³-hybridized carbons (Fsp3) is 0.0385. The van der Waals surface area contributed by atoms with Gasteiger partial charge in [-0.15, -0.1) is 0 Å². The van der Waals surface area contributed by atoms with Gasteiger partial charge in [0.05, 0.1) is 0 Å². The molecule has 1 heterocycles. The normalized spacial score (nSPS) is 13.2. The van der Waals surface area contributed by atoms with Crippen molar-refractivity contribution in [3.63, 3.8) is 0 Å². The predicted octanol–water partition coefficient (Wildman–Crippen LogP) is 6.21. The average molecular weight is 376 g/mol. The van der Waals surface area contributed by atoms with Crippen LogP contribution in [-0.2, 0) is 0 Å². The number of allylic oxidation sites excluding steroid dienone is 1. The molecule has 138 valence electrons. The molecule has 0 atom stereocenters. The van der Waals surface area contributed by atoms with Crippen LogP contribution in [0.3, 0.4) is 0 Å². The number of hydrogen-bond acceptors (Lipinski definition) is 3. The van der Waals surface area contributed by atoms with E-state index in [-0.39, 0.29) is 12.6 Å². The molecule has 0 aromatic heterocycles. The molecule has 5 aromatic carbocycles. The Morgan fingerprint density at radius 3 is 2.34 bits per heavy atom. The number of fused-ring (bicyclic) bond motifs is 1. The molecule has 0 radical (unpaired) electrons. The number of benzene rings is 5. The van der Waals surface area contributed by atoms with Gasteiger partial charge < -0.3 is 9.47 Å². The topological polar surface area (TPSA) is 35.5 Å². The minimum atomic E-state index is -0.0611. The van der Waals surface area contributed by atoms with Gasteiger partial charge in [-0.05, 0) is 62.2 Å².